The van der Waals surface area contributed by atoms with E-state index in [2.05, 4.69) is 21.2 Å². The first-order valence-electron chi connectivity index (χ1n) is 10.1. The van der Waals surface area contributed by atoms with Gasteiger partial charge in [0.25, 0.3) is 10.0 Å². The fourth-order valence-corrected chi connectivity index (χ4v) is 5.49. The van der Waals surface area contributed by atoms with Crippen LogP contribution in [0, 0.1) is 0 Å². The molecular weight excluding hydrogens is 452 g/mol. The van der Waals surface area contributed by atoms with Crippen LogP contribution in [0.2, 0.25) is 0 Å². The van der Waals surface area contributed by atoms with E-state index >= 15 is 0 Å². The van der Waals surface area contributed by atoms with E-state index in [4.69, 9.17) is 0 Å². The van der Waals surface area contributed by atoms with Gasteiger partial charge >= 0.3 is 0 Å². The highest BCUT2D eigenvalue weighted by Crippen LogP contribution is 2.26. The third-order valence-corrected chi connectivity index (χ3v) is 7.47. The number of carbonyl (C=O) groups is 1. The van der Waals surface area contributed by atoms with Crippen molar-refractivity contribution in [2.75, 3.05) is 10.8 Å². The van der Waals surface area contributed by atoms with Gasteiger partial charge in [-0.3, -0.25) is 9.10 Å². The van der Waals surface area contributed by atoms with Crippen LogP contribution in [0.1, 0.15) is 44.9 Å². The summed E-state index contributed by atoms with van der Waals surface area (Å²) >= 11 is 3.39. The van der Waals surface area contributed by atoms with Crippen LogP contribution in [-0.2, 0) is 14.8 Å². The SMILES string of the molecule is O=C(CN(c1cccc(Br)c1)S(=O)(=O)c1ccccc1)NC1CCCCCCC1. The zero-order chi connectivity index (χ0) is 20.7. The molecule has 5 nitrogen and oxygen atoms in total. The summed E-state index contributed by atoms with van der Waals surface area (Å²) in [4.78, 5) is 13.0. The number of amides is 1. The maximum absolute atomic E-state index is 13.3. The van der Waals surface area contributed by atoms with Crippen molar-refractivity contribution in [3.63, 3.8) is 0 Å². The van der Waals surface area contributed by atoms with E-state index in [9.17, 15) is 13.2 Å². The average molecular weight is 479 g/mol. The Morgan fingerprint density at radius 1 is 0.966 bits per heavy atom. The van der Waals surface area contributed by atoms with Gasteiger partial charge in [-0.1, -0.05) is 72.3 Å². The zero-order valence-corrected chi connectivity index (χ0v) is 18.8. The van der Waals surface area contributed by atoms with E-state index in [1.54, 1.807) is 48.5 Å². The molecule has 0 atom stereocenters. The van der Waals surface area contributed by atoms with Crippen LogP contribution < -0.4 is 9.62 Å². The molecular formula is C22H27BrN2O3S. The molecule has 1 saturated carbocycles. The summed E-state index contributed by atoms with van der Waals surface area (Å²) in [5.41, 5.74) is 0.455. The Bertz CT molecular complexity index is 911. The minimum Gasteiger partial charge on any atom is -0.352 e. The third-order valence-electron chi connectivity index (χ3n) is 5.18. The maximum atomic E-state index is 13.3. The summed E-state index contributed by atoms with van der Waals surface area (Å²) in [7, 11) is -3.87. The molecule has 1 fully saturated rings. The highest BCUT2D eigenvalue weighted by Gasteiger charge is 2.28. The number of nitrogens with one attached hydrogen (secondary N) is 1. The standard InChI is InChI=1S/C22H27BrN2O3S/c23-18-10-9-13-20(16-18)25(29(27,28)21-14-7-4-8-15-21)17-22(26)24-19-11-5-2-1-3-6-12-19/h4,7-10,13-16,19H,1-3,5-6,11-12,17H2,(H,24,26). The van der Waals surface area contributed by atoms with Crippen LogP contribution in [0.15, 0.2) is 64.0 Å². The lowest BCUT2D eigenvalue weighted by molar-refractivity contribution is -0.120. The van der Waals surface area contributed by atoms with Gasteiger partial charge < -0.3 is 5.32 Å². The molecule has 0 aromatic heterocycles. The second kappa shape index (κ2) is 10.3. The molecule has 2 aromatic carbocycles. The third kappa shape index (κ3) is 6.06. The molecule has 0 heterocycles. The average Bonchev–Trinajstić information content (AvgIpc) is 2.68. The Hall–Kier alpha value is -1.86. The summed E-state index contributed by atoms with van der Waals surface area (Å²) < 4.78 is 28.5. The van der Waals surface area contributed by atoms with E-state index in [0.29, 0.717) is 5.69 Å². The van der Waals surface area contributed by atoms with Gasteiger partial charge in [0.2, 0.25) is 5.91 Å². The first-order valence-corrected chi connectivity index (χ1v) is 12.3. The predicted molar refractivity (Wildman–Crippen MR) is 119 cm³/mol. The summed E-state index contributed by atoms with van der Waals surface area (Å²) in [6, 6.07) is 15.3. The lowest BCUT2D eigenvalue weighted by atomic mass is 9.97. The minimum atomic E-state index is -3.87. The number of rotatable bonds is 6. The van der Waals surface area contributed by atoms with Crippen molar-refractivity contribution < 1.29 is 13.2 Å². The van der Waals surface area contributed by atoms with Gasteiger partial charge in [0.05, 0.1) is 10.6 Å². The van der Waals surface area contributed by atoms with Crippen molar-refractivity contribution in [1.29, 1.82) is 0 Å². The molecule has 0 aliphatic heterocycles. The van der Waals surface area contributed by atoms with Crippen LogP contribution >= 0.6 is 15.9 Å². The number of benzene rings is 2. The number of anilines is 1. The Kier molecular flexibility index (Phi) is 7.72. The topological polar surface area (TPSA) is 66.5 Å². The molecule has 1 amide bonds. The molecule has 1 N–H and O–H groups in total. The van der Waals surface area contributed by atoms with Crippen molar-refractivity contribution in [1.82, 2.24) is 5.32 Å². The summed E-state index contributed by atoms with van der Waals surface area (Å²) in [6.07, 6.45) is 7.75. The molecule has 0 saturated heterocycles. The Morgan fingerprint density at radius 2 is 1.62 bits per heavy atom. The van der Waals surface area contributed by atoms with Crippen molar-refractivity contribution in [3.05, 3.63) is 59.1 Å². The molecule has 0 unspecified atom stereocenters. The summed E-state index contributed by atoms with van der Waals surface area (Å²) in [5.74, 6) is -0.268. The van der Waals surface area contributed by atoms with Gasteiger partial charge in [-0.25, -0.2) is 8.42 Å². The predicted octanol–water partition coefficient (Wildman–Crippen LogP) is 4.87. The van der Waals surface area contributed by atoms with Gasteiger partial charge in [-0.05, 0) is 43.2 Å². The molecule has 3 rings (SSSR count). The van der Waals surface area contributed by atoms with Gasteiger partial charge in [0.15, 0.2) is 0 Å². The number of sulfonamides is 1. The molecule has 1 aliphatic rings. The summed E-state index contributed by atoms with van der Waals surface area (Å²) in [6.45, 7) is -0.246. The quantitative estimate of drug-likeness (QED) is 0.643. The number of halogens is 1. The molecule has 2 aromatic rings. The Morgan fingerprint density at radius 3 is 2.28 bits per heavy atom. The smallest absolute Gasteiger partial charge is 0.264 e. The molecule has 7 heteroatoms. The highest BCUT2D eigenvalue weighted by atomic mass is 79.9. The minimum absolute atomic E-state index is 0.117. The largest absolute Gasteiger partial charge is 0.352 e. The Labute approximate surface area is 181 Å². The van der Waals surface area contributed by atoms with Gasteiger partial charge in [-0.15, -0.1) is 0 Å². The van der Waals surface area contributed by atoms with Crippen molar-refractivity contribution in [3.8, 4) is 0 Å². The number of hydrogen-bond acceptors (Lipinski definition) is 3. The van der Waals surface area contributed by atoms with Crippen molar-refractivity contribution in [2.24, 2.45) is 0 Å². The molecule has 156 valence electrons. The van der Waals surface area contributed by atoms with E-state index in [0.717, 1.165) is 30.2 Å². The fourth-order valence-electron chi connectivity index (χ4n) is 3.67. The molecule has 0 bridgehead atoms. The number of carbonyl (C=O) groups excluding carboxylic acids is 1. The molecule has 0 spiro atoms. The van der Waals surface area contributed by atoms with Gasteiger partial charge in [0, 0.05) is 10.5 Å². The van der Waals surface area contributed by atoms with E-state index in [1.165, 1.54) is 23.6 Å². The maximum Gasteiger partial charge on any atom is 0.264 e. The Balaban J connectivity index is 1.82. The highest BCUT2D eigenvalue weighted by molar-refractivity contribution is 9.10. The summed E-state index contributed by atoms with van der Waals surface area (Å²) in [5, 5.41) is 3.07. The van der Waals surface area contributed by atoms with Crippen LogP contribution in [0.5, 0.6) is 0 Å². The van der Waals surface area contributed by atoms with Gasteiger partial charge in [-0.2, -0.15) is 0 Å². The molecule has 29 heavy (non-hydrogen) atoms. The van der Waals surface area contributed by atoms with Crippen LogP contribution in [0.3, 0.4) is 0 Å². The van der Waals surface area contributed by atoms with Crippen LogP contribution in [0.4, 0.5) is 5.69 Å². The molecule has 0 radical (unpaired) electrons. The van der Waals surface area contributed by atoms with Gasteiger partial charge in [0.1, 0.15) is 6.54 Å². The lowest BCUT2D eigenvalue weighted by Gasteiger charge is -2.26. The van der Waals surface area contributed by atoms with E-state index in [1.807, 2.05) is 6.07 Å². The monoisotopic (exact) mass is 478 g/mol. The number of hydrogen-bond donors (Lipinski definition) is 1. The first-order chi connectivity index (χ1) is 14.0. The first kappa shape index (κ1) is 21.8. The van der Waals surface area contributed by atoms with Crippen molar-refractivity contribution >= 4 is 37.5 Å². The second-order valence-electron chi connectivity index (χ2n) is 7.41. The lowest BCUT2D eigenvalue weighted by Crippen LogP contribution is -2.44. The van der Waals surface area contributed by atoms with E-state index < -0.39 is 10.0 Å². The van der Waals surface area contributed by atoms with E-state index in [-0.39, 0.29) is 23.4 Å². The van der Waals surface area contributed by atoms with Crippen molar-refractivity contribution in [2.45, 2.75) is 55.9 Å². The normalized spacial score (nSPS) is 15.9. The zero-order valence-electron chi connectivity index (χ0n) is 16.4. The second-order valence-corrected chi connectivity index (χ2v) is 10.2. The molecule has 1 aliphatic carbocycles. The number of nitrogens with zero attached hydrogens (tertiary/aromatic N) is 1. The van der Waals surface area contributed by atoms with Crippen LogP contribution in [-0.4, -0.2) is 26.9 Å². The fraction of sp³-hybridized carbons (Fsp3) is 0.409. The van der Waals surface area contributed by atoms with Crippen LogP contribution in [0.25, 0.3) is 0 Å².